The number of likely N-dealkylation sites (N-methyl/N-ethyl adjacent to an activating group) is 1. The molecule has 0 radical (unpaired) electrons. The summed E-state index contributed by atoms with van der Waals surface area (Å²) in [6.07, 6.45) is 1.90. The number of amides is 1. The van der Waals surface area contributed by atoms with Crippen LogP contribution in [0.1, 0.15) is 22.0 Å². The minimum absolute atomic E-state index is 0.118. The third-order valence-corrected chi connectivity index (χ3v) is 4.92. The summed E-state index contributed by atoms with van der Waals surface area (Å²) in [6.45, 7) is 2.38. The average molecular weight is 319 g/mol. The molecule has 0 unspecified atom stereocenters. The van der Waals surface area contributed by atoms with Gasteiger partial charge < -0.3 is 9.88 Å². The number of hydrogen-bond acceptors (Lipinski definition) is 2. The Bertz CT molecular complexity index is 855. The van der Waals surface area contributed by atoms with E-state index < -0.39 is 0 Å². The monoisotopic (exact) mass is 319 g/mol. The minimum atomic E-state index is 0.118. The van der Waals surface area contributed by atoms with E-state index in [-0.39, 0.29) is 11.9 Å². The molecule has 2 heterocycles. The molecule has 0 spiro atoms. The molecule has 122 valence electrons. The van der Waals surface area contributed by atoms with Gasteiger partial charge in [0, 0.05) is 42.3 Å². The molecule has 3 aromatic rings. The normalized spacial score (nSPS) is 18.9. The number of fused-ring (bicyclic) bond motifs is 1. The molecule has 1 N–H and O–H groups in total. The number of H-pyrrole nitrogens is 1. The Kier molecular flexibility index (Phi) is 3.82. The zero-order valence-corrected chi connectivity index (χ0v) is 13.8. The Morgan fingerprint density at radius 3 is 2.75 bits per heavy atom. The first-order valence-electron chi connectivity index (χ1n) is 8.34. The maximum atomic E-state index is 12.9. The highest BCUT2D eigenvalue weighted by Gasteiger charge is 2.28. The molecule has 1 amide bonds. The van der Waals surface area contributed by atoms with Crippen LogP contribution in [0.4, 0.5) is 0 Å². The first-order valence-corrected chi connectivity index (χ1v) is 8.34. The van der Waals surface area contributed by atoms with Crippen LogP contribution < -0.4 is 0 Å². The number of nitrogens with one attached hydrogen (secondary N) is 1. The van der Waals surface area contributed by atoms with Crippen molar-refractivity contribution in [3.63, 3.8) is 0 Å². The number of rotatable bonds is 2. The van der Waals surface area contributed by atoms with Crippen LogP contribution in [0.25, 0.3) is 10.9 Å². The minimum Gasteiger partial charge on any atom is -0.361 e. The molecular formula is C20H21N3O. The molecule has 4 nitrogen and oxygen atoms in total. The highest BCUT2D eigenvalue weighted by atomic mass is 16.2. The molecule has 1 aliphatic rings. The zero-order valence-electron chi connectivity index (χ0n) is 13.8. The molecule has 0 bridgehead atoms. The third kappa shape index (κ3) is 2.69. The van der Waals surface area contributed by atoms with Gasteiger partial charge in [-0.3, -0.25) is 9.69 Å². The van der Waals surface area contributed by atoms with E-state index in [2.05, 4.69) is 41.2 Å². The van der Waals surface area contributed by atoms with E-state index in [0.717, 1.165) is 36.1 Å². The lowest BCUT2D eigenvalue weighted by atomic mass is 10.0. The SMILES string of the molecule is CN1CCN(C(=O)c2ccc3[nH]ccc3c2)C[C@@H]1c1ccccc1. The second-order valence-corrected chi connectivity index (χ2v) is 6.44. The second-order valence-electron chi connectivity index (χ2n) is 6.44. The summed E-state index contributed by atoms with van der Waals surface area (Å²) in [6, 6.07) is 18.5. The lowest BCUT2D eigenvalue weighted by molar-refractivity contribution is 0.0546. The van der Waals surface area contributed by atoms with Gasteiger partial charge in [-0.1, -0.05) is 30.3 Å². The number of hydrogen-bond donors (Lipinski definition) is 1. The van der Waals surface area contributed by atoms with Gasteiger partial charge in [0.2, 0.25) is 0 Å². The van der Waals surface area contributed by atoms with E-state index >= 15 is 0 Å². The summed E-state index contributed by atoms with van der Waals surface area (Å²) < 4.78 is 0. The molecule has 4 heteroatoms. The number of nitrogens with zero attached hydrogens (tertiary/aromatic N) is 2. The summed E-state index contributed by atoms with van der Waals surface area (Å²) in [5.41, 5.74) is 3.09. The van der Waals surface area contributed by atoms with Crippen LogP contribution in [-0.4, -0.2) is 47.4 Å². The molecule has 0 saturated carbocycles. The summed E-state index contributed by atoms with van der Waals surface area (Å²) in [7, 11) is 2.13. The van der Waals surface area contributed by atoms with Crippen molar-refractivity contribution in [3.05, 3.63) is 71.9 Å². The number of carbonyl (C=O) groups is 1. The van der Waals surface area contributed by atoms with Crippen LogP contribution >= 0.6 is 0 Å². The summed E-state index contributed by atoms with van der Waals surface area (Å²) in [5.74, 6) is 0.118. The molecule has 1 aliphatic heterocycles. The van der Waals surface area contributed by atoms with Crippen LogP contribution in [0.5, 0.6) is 0 Å². The van der Waals surface area contributed by atoms with E-state index in [1.54, 1.807) is 0 Å². The fraction of sp³-hybridized carbons (Fsp3) is 0.250. The molecular weight excluding hydrogens is 298 g/mol. The van der Waals surface area contributed by atoms with Crippen LogP contribution in [0.2, 0.25) is 0 Å². The van der Waals surface area contributed by atoms with E-state index in [1.165, 1.54) is 5.56 Å². The predicted molar refractivity (Wildman–Crippen MR) is 96.0 cm³/mol. The highest BCUT2D eigenvalue weighted by Crippen LogP contribution is 2.25. The Hall–Kier alpha value is -2.59. The van der Waals surface area contributed by atoms with Crippen molar-refractivity contribution in [1.82, 2.24) is 14.8 Å². The van der Waals surface area contributed by atoms with Gasteiger partial charge in [-0.15, -0.1) is 0 Å². The number of carbonyl (C=O) groups excluding carboxylic acids is 1. The fourth-order valence-corrected chi connectivity index (χ4v) is 3.46. The van der Waals surface area contributed by atoms with Gasteiger partial charge in [-0.05, 0) is 36.9 Å². The lowest BCUT2D eigenvalue weighted by Crippen LogP contribution is -2.49. The van der Waals surface area contributed by atoms with Gasteiger partial charge in [0.25, 0.3) is 5.91 Å². The number of aromatic nitrogens is 1. The van der Waals surface area contributed by atoms with E-state index in [9.17, 15) is 4.79 Å². The van der Waals surface area contributed by atoms with Crippen molar-refractivity contribution in [2.45, 2.75) is 6.04 Å². The zero-order chi connectivity index (χ0) is 16.5. The van der Waals surface area contributed by atoms with Crippen molar-refractivity contribution in [3.8, 4) is 0 Å². The van der Waals surface area contributed by atoms with Gasteiger partial charge in [-0.25, -0.2) is 0 Å². The lowest BCUT2D eigenvalue weighted by Gasteiger charge is -2.39. The van der Waals surface area contributed by atoms with Gasteiger partial charge in [0.15, 0.2) is 0 Å². The molecule has 1 fully saturated rings. The Balaban J connectivity index is 1.58. The number of aromatic amines is 1. The number of piperazine rings is 1. The highest BCUT2D eigenvalue weighted by molar-refractivity contribution is 5.98. The molecule has 1 atom stereocenters. The second kappa shape index (κ2) is 6.13. The van der Waals surface area contributed by atoms with Crippen LogP contribution in [0.15, 0.2) is 60.8 Å². The first-order chi connectivity index (χ1) is 11.7. The third-order valence-electron chi connectivity index (χ3n) is 4.92. The molecule has 24 heavy (non-hydrogen) atoms. The van der Waals surface area contributed by atoms with Crippen molar-refractivity contribution in [2.24, 2.45) is 0 Å². The summed E-state index contributed by atoms with van der Waals surface area (Å²) in [5, 5.41) is 1.08. The van der Waals surface area contributed by atoms with Gasteiger partial charge in [0.05, 0.1) is 6.04 Å². The maximum Gasteiger partial charge on any atom is 0.253 e. The van der Waals surface area contributed by atoms with Gasteiger partial charge >= 0.3 is 0 Å². The van der Waals surface area contributed by atoms with Crippen molar-refractivity contribution in [1.29, 1.82) is 0 Å². The Morgan fingerprint density at radius 1 is 1.08 bits per heavy atom. The number of benzene rings is 2. The molecule has 2 aromatic carbocycles. The smallest absolute Gasteiger partial charge is 0.253 e. The Morgan fingerprint density at radius 2 is 1.92 bits per heavy atom. The summed E-state index contributed by atoms with van der Waals surface area (Å²) >= 11 is 0. The predicted octanol–water partition coefficient (Wildman–Crippen LogP) is 3.30. The fourth-order valence-electron chi connectivity index (χ4n) is 3.46. The quantitative estimate of drug-likeness (QED) is 0.787. The van der Waals surface area contributed by atoms with Gasteiger partial charge in [0.1, 0.15) is 0 Å². The van der Waals surface area contributed by atoms with E-state index in [1.807, 2.05) is 41.4 Å². The molecule has 4 rings (SSSR count). The molecule has 0 aliphatic carbocycles. The molecule has 1 aromatic heterocycles. The van der Waals surface area contributed by atoms with E-state index in [0.29, 0.717) is 0 Å². The Labute approximate surface area is 141 Å². The maximum absolute atomic E-state index is 12.9. The van der Waals surface area contributed by atoms with Crippen molar-refractivity contribution < 1.29 is 4.79 Å². The summed E-state index contributed by atoms with van der Waals surface area (Å²) in [4.78, 5) is 20.4. The average Bonchev–Trinajstić information content (AvgIpc) is 3.10. The topological polar surface area (TPSA) is 39.3 Å². The van der Waals surface area contributed by atoms with E-state index in [4.69, 9.17) is 0 Å². The van der Waals surface area contributed by atoms with Crippen molar-refractivity contribution >= 4 is 16.8 Å². The van der Waals surface area contributed by atoms with Crippen molar-refractivity contribution in [2.75, 3.05) is 26.7 Å². The van der Waals surface area contributed by atoms with Crippen LogP contribution in [-0.2, 0) is 0 Å². The molecule has 1 saturated heterocycles. The van der Waals surface area contributed by atoms with Gasteiger partial charge in [-0.2, -0.15) is 0 Å². The largest absolute Gasteiger partial charge is 0.361 e. The standard InChI is InChI=1S/C20H21N3O/c1-22-11-12-23(14-19(22)15-5-3-2-4-6-15)20(24)17-7-8-18-16(13-17)9-10-21-18/h2-10,13,19,21H,11-12,14H2,1H3/t19-/m1/s1. The first kappa shape index (κ1) is 15.0. The van der Waals surface area contributed by atoms with Crippen LogP contribution in [0.3, 0.4) is 0 Å². The van der Waals surface area contributed by atoms with Crippen LogP contribution in [0, 0.1) is 0 Å².